The second-order valence-electron chi connectivity index (χ2n) is 13.6. The molecule has 0 spiro atoms. The minimum atomic E-state index is -5.70. The van der Waals surface area contributed by atoms with Crippen molar-refractivity contribution in [2.24, 2.45) is 0 Å². The smallest absolute Gasteiger partial charge is 0.342 e. The summed E-state index contributed by atoms with van der Waals surface area (Å²) in [6.07, 6.45) is -15.4. The Bertz CT molecular complexity index is 1520. The fourth-order valence-corrected chi connectivity index (χ4v) is 8.32. The Morgan fingerprint density at radius 2 is 1.15 bits per heavy atom. The Morgan fingerprint density at radius 1 is 0.705 bits per heavy atom. The predicted octanol–water partition coefficient (Wildman–Crippen LogP) is -9.25. The second kappa shape index (κ2) is 25.7. The molecule has 16 N–H and O–H groups in total. The summed E-state index contributed by atoms with van der Waals surface area (Å²) in [6, 6.07) is -4.13. The van der Waals surface area contributed by atoms with Crippen molar-refractivity contribution >= 4 is 51.4 Å². The Morgan fingerprint density at radius 3 is 1.54 bits per heavy atom. The van der Waals surface area contributed by atoms with Crippen LogP contribution in [0.1, 0.15) is 0 Å². The number of nitrogens with zero attached hydrogens (tertiary/aromatic N) is 4. The van der Waals surface area contributed by atoms with E-state index in [0.29, 0.717) is 0 Å². The highest BCUT2D eigenvalue weighted by molar-refractivity contribution is 7.70. The van der Waals surface area contributed by atoms with Crippen LogP contribution in [0.3, 0.4) is 0 Å². The molecule has 4 unspecified atom stereocenters. The maximum Gasteiger partial charge on any atom is 0.342 e. The number of hydrogen-bond acceptors (Lipinski definition) is 20. The molecule has 1 aliphatic rings. The van der Waals surface area contributed by atoms with Crippen LogP contribution in [0.4, 0.5) is 0 Å². The topological polar surface area (TPSA) is 483 Å². The SMILES string of the molecule is O=CN(CC(P(=O)(O)O)P(=O)(O)O)C(CO)[C@@H](O)[C@@H](O[C@@H]1OC(CO)[C@H](O)[C@H](O)C1NC(=O)CN(CCN(CCN(CC(=O)O)CC(=O)O)CC(=O)O)CC(=O)O)C(O)CO. The van der Waals surface area contributed by atoms with Crippen LogP contribution in [0.2, 0.25) is 0 Å². The van der Waals surface area contributed by atoms with Gasteiger partial charge in [-0.3, -0.25) is 52.6 Å². The zero-order valence-electron chi connectivity index (χ0n) is 32.0. The zero-order chi connectivity index (χ0) is 47.0. The van der Waals surface area contributed by atoms with Crippen molar-refractivity contribution in [3.05, 3.63) is 0 Å². The highest BCUT2D eigenvalue weighted by Crippen LogP contribution is 2.60. The van der Waals surface area contributed by atoms with Crippen LogP contribution >= 0.6 is 15.2 Å². The van der Waals surface area contributed by atoms with Crippen LogP contribution in [0, 0.1) is 0 Å². The lowest BCUT2D eigenvalue weighted by atomic mass is 9.96. The third kappa shape index (κ3) is 18.9. The maximum absolute atomic E-state index is 13.4. The summed E-state index contributed by atoms with van der Waals surface area (Å²) in [7, 11) is -11.4. The van der Waals surface area contributed by atoms with Gasteiger partial charge in [0.15, 0.2) is 11.7 Å². The quantitative estimate of drug-likeness (QED) is 0.0227. The molecule has 0 aromatic heterocycles. The number of carbonyl (C=O) groups is 6. The molecule has 30 nitrogen and oxygen atoms in total. The molecule has 32 heteroatoms. The van der Waals surface area contributed by atoms with Crippen molar-refractivity contribution in [3.8, 4) is 0 Å². The number of carbonyl (C=O) groups excluding carboxylic acids is 2. The molecular weight excluding hydrogens is 880 g/mol. The largest absolute Gasteiger partial charge is 0.480 e. The van der Waals surface area contributed by atoms with Crippen molar-refractivity contribution in [2.75, 3.05) is 85.3 Å². The molecule has 0 aromatic carbocycles. The van der Waals surface area contributed by atoms with Gasteiger partial charge >= 0.3 is 39.1 Å². The number of amides is 2. The minimum absolute atomic E-state index is 0.140. The molecule has 2 amide bonds. The molecule has 1 aliphatic heterocycles. The third-order valence-corrected chi connectivity index (χ3v) is 12.6. The first-order valence-corrected chi connectivity index (χ1v) is 21.1. The van der Waals surface area contributed by atoms with Crippen LogP contribution in [-0.2, 0) is 47.4 Å². The molecule has 0 aromatic rings. The monoisotopic (exact) mass is 933 g/mol. The standard InChI is InChI=1S/C29H53N5O25P2/c35-11-15(34(14-38)10-23(60(52,53)54)61(55,56)57)25(49)28(16(39)12-36)59-29-24(27(51)26(50)17(13-37)58-29)30-18(40)5-32(7-20(43)44)3-1-31(6-19(41)42)2-4-33(8-21(45)46)9-22(47)48/h14-17,23-29,35-37,39,49-51H,1-13H2,(H,30,40)(H,41,42)(H,43,44)(H,45,46)(H,47,48)(H2,52,53,54)(H2,55,56,57)/t15?,16?,17?,24?,25-,26+,27-,28+,29+/m1/s1. The highest BCUT2D eigenvalue weighted by Gasteiger charge is 2.50. The van der Waals surface area contributed by atoms with Crippen LogP contribution in [0.15, 0.2) is 0 Å². The van der Waals surface area contributed by atoms with Gasteiger partial charge in [0.25, 0.3) is 0 Å². The molecule has 0 bridgehead atoms. The van der Waals surface area contributed by atoms with Gasteiger partial charge in [0.2, 0.25) is 12.3 Å². The Labute approximate surface area is 345 Å². The molecule has 0 aliphatic carbocycles. The molecular formula is C29H53N5O25P2. The molecule has 1 fully saturated rings. The number of carboxylic acids is 4. The summed E-state index contributed by atoms with van der Waals surface area (Å²) in [6.45, 7) is -10.3. The van der Waals surface area contributed by atoms with E-state index in [-0.39, 0.29) is 37.5 Å². The lowest BCUT2D eigenvalue weighted by Crippen LogP contribution is -2.67. The number of aliphatic hydroxyl groups excluding tert-OH is 7. The minimum Gasteiger partial charge on any atom is -0.480 e. The molecule has 1 heterocycles. The number of nitrogens with one attached hydrogen (secondary N) is 1. The van der Waals surface area contributed by atoms with Gasteiger partial charge < -0.3 is 95.4 Å². The fourth-order valence-electron chi connectivity index (χ4n) is 5.95. The summed E-state index contributed by atoms with van der Waals surface area (Å²) in [4.78, 5) is 112. The molecule has 9 atom stereocenters. The number of aliphatic hydroxyl groups is 7. The molecule has 0 saturated carbocycles. The molecule has 1 saturated heterocycles. The second-order valence-corrected chi connectivity index (χ2v) is 17.6. The van der Waals surface area contributed by atoms with E-state index in [2.05, 4.69) is 5.32 Å². The van der Waals surface area contributed by atoms with Gasteiger partial charge in [-0.05, 0) is 0 Å². The first kappa shape index (κ1) is 55.7. The number of hydrogen-bond donors (Lipinski definition) is 16. The number of aliphatic carboxylic acids is 4. The summed E-state index contributed by atoms with van der Waals surface area (Å²) in [5, 5.41) is 109. The van der Waals surface area contributed by atoms with Crippen LogP contribution < -0.4 is 5.32 Å². The van der Waals surface area contributed by atoms with Gasteiger partial charge in [0.1, 0.15) is 42.7 Å². The first-order chi connectivity index (χ1) is 28.2. The number of carboxylic acid groups (broad SMARTS) is 4. The maximum atomic E-state index is 13.4. The van der Waals surface area contributed by atoms with Crippen molar-refractivity contribution in [1.82, 2.24) is 24.9 Å². The van der Waals surface area contributed by atoms with Crippen molar-refractivity contribution in [2.45, 2.75) is 60.4 Å². The van der Waals surface area contributed by atoms with E-state index in [1.807, 2.05) is 0 Å². The van der Waals surface area contributed by atoms with Gasteiger partial charge in [-0.1, -0.05) is 0 Å². The normalized spacial score (nSPS) is 21.9. The highest BCUT2D eigenvalue weighted by atomic mass is 31.2. The van der Waals surface area contributed by atoms with Gasteiger partial charge in [-0.25, -0.2) is 0 Å². The van der Waals surface area contributed by atoms with Crippen molar-refractivity contribution in [3.63, 3.8) is 0 Å². The van der Waals surface area contributed by atoms with Gasteiger partial charge in [0.05, 0.1) is 58.6 Å². The number of rotatable bonds is 31. The Hall–Kier alpha value is -3.36. The molecule has 1 rings (SSSR count). The summed E-state index contributed by atoms with van der Waals surface area (Å²) >= 11 is 0. The van der Waals surface area contributed by atoms with Crippen LogP contribution in [0.5, 0.6) is 0 Å². The van der Waals surface area contributed by atoms with Crippen LogP contribution in [-0.4, -0.2) is 277 Å². The summed E-state index contributed by atoms with van der Waals surface area (Å²) in [5.41, 5.74) is 0. The first-order valence-electron chi connectivity index (χ1n) is 17.7. The van der Waals surface area contributed by atoms with Crippen molar-refractivity contribution in [1.29, 1.82) is 0 Å². The van der Waals surface area contributed by atoms with E-state index in [9.17, 15) is 103 Å². The molecule has 354 valence electrons. The Balaban J connectivity index is 3.43. The summed E-state index contributed by atoms with van der Waals surface area (Å²) < 4.78 is 34.7. The van der Waals surface area contributed by atoms with Gasteiger partial charge in [0, 0.05) is 32.7 Å². The van der Waals surface area contributed by atoms with Crippen molar-refractivity contribution < 1.29 is 123 Å². The average molecular weight is 934 g/mol. The van der Waals surface area contributed by atoms with E-state index in [4.69, 9.17) is 19.7 Å². The Kier molecular flexibility index (Phi) is 23.4. The third-order valence-electron chi connectivity index (χ3n) is 8.96. The van der Waals surface area contributed by atoms with Gasteiger partial charge in [-0.15, -0.1) is 0 Å². The molecule has 0 radical (unpaired) electrons. The van der Waals surface area contributed by atoms with E-state index >= 15 is 0 Å². The predicted molar refractivity (Wildman–Crippen MR) is 195 cm³/mol. The van der Waals surface area contributed by atoms with E-state index < -0.39 is 164 Å². The van der Waals surface area contributed by atoms with Gasteiger partial charge in [-0.2, -0.15) is 0 Å². The fraction of sp³-hybridized carbons (Fsp3) is 0.793. The molecule has 61 heavy (non-hydrogen) atoms. The lowest BCUT2D eigenvalue weighted by molar-refractivity contribution is -0.301. The zero-order valence-corrected chi connectivity index (χ0v) is 33.8. The van der Waals surface area contributed by atoms with Crippen LogP contribution in [0.25, 0.3) is 0 Å². The lowest BCUT2D eigenvalue weighted by Gasteiger charge is -2.45. The average Bonchev–Trinajstić information content (AvgIpc) is 3.13. The van der Waals surface area contributed by atoms with E-state index in [1.54, 1.807) is 0 Å². The van der Waals surface area contributed by atoms with E-state index in [1.165, 1.54) is 4.90 Å². The number of ether oxygens (including phenoxy) is 2. The van der Waals surface area contributed by atoms with E-state index in [0.717, 1.165) is 9.80 Å². The summed E-state index contributed by atoms with van der Waals surface area (Å²) in [5.74, 6) is -6.81.